The summed E-state index contributed by atoms with van der Waals surface area (Å²) in [5.41, 5.74) is 1.39. The largest absolute Gasteiger partial charge is 0.491 e. The smallest absolute Gasteiger partial charge is 0.331 e. The zero-order valence-electron chi connectivity index (χ0n) is 16.9. The summed E-state index contributed by atoms with van der Waals surface area (Å²) in [6.07, 6.45) is 2.74. The summed E-state index contributed by atoms with van der Waals surface area (Å²) in [7, 11) is 1.49. The summed E-state index contributed by atoms with van der Waals surface area (Å²) in [6, 6.07) is 6.00. The number of carbonyl (C=O) groups is 1. The van der Waals surface area contributed by atoms with Crippen LogP contribution in [-0.2, 0) is 27.5 Å². The molecule has 0 spiro atoms. The lowest BCUT2D eigenvalue weighted by Crippen LogP contribution is -2.14. The first kappa shape index (κ1) is 22.4. The SMILES string of the molecule is CCOc1cc(/C=C/C(=O)OCc2cc([N+](=O)[O-])cc3c2OCOC3)cc(Cl)c1OC. The molecule has 0 N–H and O–H groups in total. The van der Waals surface area contributed by atoms with Crippen LogP contribution in [0.25, 0.3) is 6.08 Å². The maximum Gasteiger partial charge on any atom is 0.331 e. The molecular weight excluding hydrogens is 430 g/mol. The number of ether oxygens (including phenoxy) is 5. The van der Waals surface area contributed by atoms with Gasteiger partial charge in [0.2, 0.25) is 0 Å². The third-order valence-corrected chi connectivity index (χ3v) is 4.58. The van der Waals surface area contributed by atoms with Crippen LogP contribution in [0.1, 0.15) is 23.6 Å². The van der Waals surface area contributed by atoms with Gasteiger partial charge in [0, 0.05) is 29.3 Å². The highest BCUT2D eigenvalue weighted by Gasteiger charge is 2.21. The number of benzene rings is 2. The Morgan fingerprint density at radius 1 is 1.32 bits per heavy atom. The van der Waals surface area contributed by atoms with Crippen molar-refractivity contribution < 1.29 is 33.4 Å². The van der Waals surface area contributed by atoms with Crippen LogP contribution < -0.4 is 14.2 Å². The van der Waals surface area contributed by atoms with Crippen molar-refractivity contribution in [2.24, 2.45) is 0 Å². The summed E-state index contributed by atoms with van der Waals surface area (Å²) >= 11 is 6.20. The van der Waals surface area contributed by atoms with Crippen LogP contribution in [0.5, 0.6) is 17.2 Å². The molecule has 0 aromatic heterocycles. The van der Waals surface area contributed by atoms with Crippen LogP contribution in [0.3, 0.4) is 0 Å². The van der Waals surface area contributed by atoms with Crippen molar-refractivity contribution in [3.05, 3.63) is 62.2 Å². The lowest BCUT2D eigenvalue weighted by molar-refractivity contribution is -0.385. The molecule has 9 nitrogen and oxygen atoms in total. The Morgan fingerprint density at radius 2 is 2.13 bits per heavy atom. The number of nitro benzene ring substituents is 1. The highest BCUT2D eigenvalue weighted by molar-refractivity contribution is 6.32. The van der Waals surface area contributed by atoms with Crippen molar-refractivity contribution in [3.8, 4) is 17.2 Å². The molecule has 2 aromatic carbocycles. The van der Waals surface area contributed by atoms with E-state index in [0.29, 0.717) is 45.6 Å². The fourth-order valence-corrected chi connectivity index (χ4v) is 3.30. The monoisotopic (exact) mass is 449 g/mol. The van der Waals surface area contributed by atoms with Crippen LogP contribution in [0.4, 0.5) is 5.69 Å². The lowest BCUT2D eigenvalue weighted by Gasteiger charge is -2.20. The van der Waals surface area contributed by atoms with E-state index < -0.39 is 10.9 Å². The molecule has 0 atom stereocenters. The Bertz CT molecular complexity index is 1020. The van der Waals surface area contributed by atoms with Gasteiger partial charge in [0.1, 0.15) is 12.4 Å². The minimum Gasteiger partial charge on any atom is -0.491 e. The van der Waals surface area contributed by atoms with Gasteiger partial charge in [-0.3, -0.25) is 10.1 Å². The van der Waals surface area contributed by atoms with E-state index in [2.05, 4.69) is 0 Å². The molecule has 1 aliphatic rings. The van der Waals surface area contributed by atoms with E-state index in [4.69, 9.17) is 35.3 Å². The number of carbonyl (C=O) groups excluding carboxylic acids is 1. The molecule has 1 aliphatic heterocycles. The number of halogens is 1. The third kappa shape index (κ3) is 5.44. The summed E-state index contributed by atoms with van der Waals surface area (Å²) in [6.45, 7) is 2.25. The summed E-state index contributed by atoms with van der Waals surface area (Å²) < 4.78 is 26.6. The number of fused-ring (bicyclic) bond motifs is 1. The van der Waals surface area contributed by atoms with Gasteiger partial charge in [-0.1, -0.05) is 11.6 Å². The Morgan fingerprint density at radius 3 is 2.84 bits per heavy atom. The van der Waals surface area contributed by atoms with Gasteiger partial charge < -0.3 is 23.7 Å². The normalized spacial score (nSPS) is 12.7. The first-order valence-electron chi connectivity index (χ1n) is 9.28. The van der Waals surface area contributed by atoms with E-state index in [-0.39, 0.29) is 25.7 Å². The Kier molecular flexibility index (Phi) is 7.32. The summed E-state index contributed by atoms with van der Waals surface area (Å²) in [5.74, 6) is 0.643. The molecule has 0 unspecified atom stereocenters. The third-order valence-electron chi connectivity index (χ3n) is 4.30. The number of rotatable bonds is 8. The number of non-ortho nitro benzene ring substituents is 1. The summed E-state index contributed by atoms with van der Waals surface area (Å²) in [4.78, 5) is 22.8. The number of methoxy groups -OCH3 is 1. The van der Waals surface area contributed by atoms with Crippen LogP contribution >= 0.6 is 11.6 Å². The zero-order valence-corrected chi connectivity index (χ0v) is 17.6. The highest BCUT2D eigenvalue weighted by atomic mass is 35.5. The fraction of sp³-hybridized carbons (Fsp3) is 0.286. The first-order valence-corrected chi connectivity index (χ1v) is 9.66. The Labute approximate surface area is 183 Å². The Hall–Kier alpha value is -3.30. The molecule has 0 bridgehead atoms. The molecule has 0 amide bonds. The van der Waals surface area contributed by atoms with Crippen LogP contribution in [0.15, 0.2) is 30.3 Å². The highest BCUT2D eigenvalue weighted by Crippen LogP contribution is 2.37. The van der Waals surface area contributed by atoms with Gasteiger partial charge in [-0.05, 0) is 30.7 Å². The van der Waals surface area contributed by atoms with Crippen molar-refractivity contribution in [2.45, 2.75) is 20.1 Å². The van der Waals surface area contributed by atoms with Gasteiger partial charge in [0.05, 0.1) is 30.3 Å². The molecule has 164 valence electrons. The van der Waals surface area contributed by atoms with Crippen molar-refractivity contribution in [1.82, 2.24) is 0 Å². The Balaban J connectivity index is 1.73. The molecule has 0 radical (unpaired) electrons. The van der Waals surface area contributed by atoms with E-state index in [9.17, 15) is 14.9 Å². The van der Waals surface area contributed by atoms with Crippen molar-refractivity contribution in [2.75, 3.05) is 20.5 Å². The topological polar surface area (TPSA) is 106 Å². The van der Waals surface area contributed by atoms with Crippen LogP contribution in [0, 0.1) is 10.1 Å². The second-order valence-electron chi connectivity index (χ2n) is 6.37. The maximum absolute atomic E-state index is 12.2. The quantitative estimate of drug-likeness (QED) is 0.254. The second kappa shape index (κ2) is 10.1. The molecule has 0 aliphatic carbocycles. The van der Waals surface area contributed by atoms with Gasteiger partial charge in [0.15, 0.2) is 18.3 Å². The molecule has 31 heavy (non-hydrogen) atoms. The number of nitrogens with zero attached hydrogens (tertiary/aromatic N) is 1. The number of esters is 1. The molecule has 1 heterocycles. The average molecular weight is 450 g/mol. The van der Waals surface area contributed by atoms with Gasteiger partial charge in [-0.2, -0.15) is 0 Å². The van der Waals surface area contributed by atoms with E-state index in [1.54, 1.807) is 12.1 Å². The van der Waals surface area contributed by atoms with Crippen molar-refractivity contribution in [1.29, 1.82) is 0 Å². The van der Waals surface area contributed by atoms with E-state index in [1.807, 2.05) is 6.92 Å². The van der Waals surface area contributed by atoms with E-state index in [0.717, 1.165) is 0 Å². The predicted molar refractivity (Wildman–Crippen MR) is 111 cm³/mol. The minimum atomic E-state index is -0.641. The van der Waals surface area contributed by atoms with Gasteiger partial charge >= 0.3 is 5.97 Å². The number of nitro groups is 1. The first-order chi connectivity index (χ1) is 14.9. The summed E-state index contributed by atoms with van der Waals surface area (Å²) in [5, 5.41) is 11.5. The second-order valence-corrected chi connectivity index (χ2v) is 6.78. The van der Waals surface area contributed by atoms with E-state index in [1.165, 1.54) is 31.4 Å². The minimum absolute atomic E-state index is 0.0199. The predicted octanol–water partition coefficient (Wildman–Crippen LogP) is 4.28. The average Bonchev–Trinajstić information content (AvgIpc) is 2.76. The number of hydrogen-bond donors (Lipinski definition) is 0. The zero-order chi connectivity index (χ0) is 22.4. The molecule has 2 aromatic rings. The molecule has 0 saturated heterocycles. The van der Waals surface area contributed by atoms with Crippen LogP contribution in [-0.4, -0.2) is 31.4 Å². The molecular formula is C21H20ClNO8. The standard InChI is InChI=1S/C21H20ClNO8/c1-3-29-18-7-13(6-17(22)21(18)27-2)4-5-19(24)30-11-15-9-16(23(25)26)8-14-10-28-12-31-20(14)15/h4-9H,3,10-12H2,1-2H3/b5-4+. The van der Waals surface area contributed by atoms with Gasteiger partial charge in [-0.15, -0.1) is 0 Å². The fourth-order valence-electron chi connectivity index (χ4n) is 3.00. The maximum atomic E-state index is 12.2. The van der Waals surface area contributed by atoms with E-state index >= 15 is 0 Å². The van der Waals surface area contributed by atoms with Crippen LogP contribution in [0.2, 0.25) is 5.02 Å². The lowest BCUT2D eigenvalue weighted by atomic mass is 10.1. The van der Waals surface area contributed by atoms with Crippen molar-refractivity contribution in [3.63, 3.8) is 0 Å². The van der Waals surface area contributed by atoms with Gasteiger partial charge in [0.25, 0.3) is 5.69 Å². The number of hydrogen-bond acceptors (Lipinski definition) is 8. The van der Waals surface area contributed by atoms with Gasteiger partial charge in [-0.25, -0.2) is 4.79 Å². The molecule has 3 rings (SSSR count). The van der Waals surface area contributed by atoms with Crippen molar-refractivity contribution >= 4 is 29.3 Å². The molecule has 0 fully saturated rings. The molecule has 0 saturated carbocycles. The molecule has 10 heteroatoms.